The van der Waals surface area contributed by atoms with Gasteiger partial charge in [-0.25, -0.2) is 0 Å². The Labute approximate surface area is 205 Å². The zero-order valence-corrected chi connectivity index (χ0v) is 20.1. The van der Waals surface area contributed by atoms with E-state index in [0.717, 1.165) is 48.8 Å². The first kappa shape index (κ1) is 24.0. The van der Waals surface area contributed by atoms with Gasteiger partial charge < -0.3 is 16.4 Å². The Kier molecular flexibility index (Phi) is 8.23. The van der Waals surface area contributed by atoms with Crippen LogP contribution < -0.4 is 16.4 Å². The maximum Gasteiger partial charge on any atom is 0.251 e. The molecule has 1 heterocycles. The summed E-state index contributed by atoms with van der Waals surface area (Å²) in [5, 5.41) is 10.3. The van der Waals surface area contributed by atoms with Crippen LogP contribution in [0, 0.1) is 0 Å². The minimum Gasteiger partial charge on any atom is -0.350 e. The Morgan fingerprint density at radius 3 is 2.55 bits per heavy atom. The largest absolute Gasteiger partial charge is 0.350 e. The van der Waals surface area contributed by atoms with E-state index in [9.17, 15) is 4.79 Å². The van der Waals surface area contributed by atoms with Gasteiger partial charge in [0.25, 0.3) is 5.91 Å². The standard InChI is InChI=1S/C26H30Cl2N4O/c27-22-11-18(12-23(28)14-22)16-32-10-8-24(31-25(17-32)7-9-29)15-30-26(33)21-6-5-19-3-1-2-4-20(19)13-21/h1-6,11-14,24-25,31H,7-10,15-17,29H2,(H,30,33)/t24-,25-/m0/s1. The number of nitrogens with one attached hydrogen (secondary N) is 2. The topological polar surface area (TPSA) is 70.4 Å². The molecule has 33 heavy (non-hydrogen) atoms. The third-order valence-electron chi connectivity index (χ3n) is 6.11. The minimum atomic E-state index is -0.0485. The summed E-state index contributed by atoms with van der Waals surface area (Å²) in [7, 11) is 0. The van der Waals surface area contributed by atoms with E-state index in [1.807, 2.05) is 54.6 Å². The Morgan fingerprint density at radius 1 is 1.03 bits per heavy atom. The van der Waals surface area contributed by atoms with Crippen molar-refractivity contribution in [1.82, 2.24) is 15.5 Å². The summed E-state index contributed by atoms with van der Waals surface area (Å²) in [6.45, 7) is 3.76. The van der Waals surface area contributed by atoms with E-state index in [4.69, 9.17) is 28.9 Å². The number of benzene rings is 3. The lowest BCUT2D eigenvalue weighted by Gasteiger charge is -2.25. The van der Waals surface area contributed by atoms with Crippen LogP contribution in [0.25, 0.3) is 10.8 Å². The summed E-state index contributed by atoms with van der Waals surface area (Å²) in [5.41, 5.74) is 7.65. The van der Waals surface area contributed by atoms with Crippen LogP contribution in [-0.4, -0.2) is 49.1 Å². The van der Waals surface area contributed by atoms with Crippen molar-refractivity contribution in [2.45, 2.75) is 31.5 Å². The molecule has 4 rings (SSSR count). The van der Waals surface area contributed by atoms with Gasteiger partial charge in [0, 0.05) is 53.9 Å². The van der Waals surface area contributed by atoms with Gasteiger partial charge in [-0.1, -0.05) is 53.5 Å². The van der Waals surface area contributed by atoms with E-state index in [1.54, 1.807) is 6.07 Å². The smallest absolute Gasteiger partial charge is 0.251 e. The number of rotatable bonds is 7. The number of nitrogens with two attached hydrogens (primary N) is 1. The molecule has 0 aromatic heterocycles. The van der Waals surface area contributed by atoms with Crippen molar-refractivity contribution in [3.8, 4) is 0 Å². The number of carbonyl (C=O) groups excluding carboxylic acids is 1. The molecule has 2 atom stereocenters. The predicted octanol–water partition coefficient (Wildman–Crippen LogP) is 4.46. The summed E-state index contributed by atoms with van der Waals surface area (Å²) in [6, 6.07) is 20.0. The predicted molar refractivity (Wildman–Crippen MR) is 137 cm³/mol. The fourth-order valence-electron chi connectivity index (χ4n) is 4.50. The number of hydrogen-bond donors (Lipinski definition) is 3. The molecule has 1 amide bonds. The molecule has 1 fully saturated rings. The van der Waals surface area contributed by atoms with Crippen molar-refractivity contribution in [3.05, 3.63) is 81.8 Å². The highest BCUT2D eigenvalue weighted by atomic mass is 35.5. The van der Waals surface area contributed by atoms with Crippen LogP contribution in [0.5, 0.6) is 0 Å². The van der Waals surface area contributed by atoms with E-state index in [-0.39, 0.29) is 18.0 Å². The molecule has 1 aliphatic rings. The Morgan fingerprint density at radius 2 is 1.79 bits per heavy atom. The van der Waals surface area contributed by atoms with Gasteiger partial charge in [0.05, 0.1) is 0 Å². The van der Waals surface area contributed by atoms with Crippen LogP contribution in [0.4, 0.5) is 0 Å². The highest BCUT2D eigenvalue weighted by molar-refractivity contribution is 6.34. The molecule has 3 aromatic carbocycles. The molecule has 7 heteroatoms. The Balaban J connectivity index is 1.37. The molecule has 0 saturated carbocycles. The van der Waals surface area contributed by atoms with Crippen molar-refractivity contribution in [2.24, 2.45) is 5.73 Å². The summed E-state index contributed by atoms with van der Waals surface area (Å²) >= 11 is 12.4. The number of carbonyl (C=O) groups is 1. The second kappa shape index (κ2) is 11.3. The molecule has 0 aliphatic carbocycles. The lowest BCUT2D eigenvalue weighted by atomic mass is 10.1. The van der Waals surface area contributed by atoms with Crippen LogP contribution in [0.2, 0.25) is 10.0 Å². The zero-order valence-electron chi connectivity index (χ0n) is 18.6. The lowest BCUT2D eigenvalue weighted by molar-refractivity contribution is 0.0948. The first-order chi connectivity index (χ1) is 16.0. The average molecular weight is 485 g/mol. The van der Waals surface area contributed by atoms with Crippen LogP contribution in [-0.2, 0) is 6.54 Å². The second-order valence-electron chi connectivity index (χ2n) is 8.71. The highest BCUT2D eigenvalue weighted by Crippen LogP contribution is 2.21. The summed E-state index contributed by atoms with van der Waals surface area (Å²) in [6.07, 6.45) is 1.80. The molecule has 0 bridgehead atoms. The van der Waals surface area contributed by atoms with Crippen molar-refractivity contribution in [3.63, 3.8) is 0 Å². The van der Waals surface area contributed by atoms with Gasteiger partial charge in [-0.2, -0.15) is 0 Å². The number of halogens is 2. The van der Waals surface area contributed by atoms with E-state index >= 15 is 0 Å². The Hall–Kier alpha value is -2.15. The van der Waals surface area contributed by atoms with Crippen LogP contribution in [0.1, 0.15) is 28.8 Å². The summed E-state index contributed by atoms with van der Waals surface area (Å²) < 4.78 is 0. The number of fused-ring (bicyclic) bond motifs is 1. The Bertz CT molecular complexity index is 1090. The summed E-state index contributed by atoms with van der Waals surface area (Å²) in [4.78, 5) is 15.2. The molecule has 1 saturated heterocycles. The van der Waals surface area contributed by atoms with Crippen molar-refractivity contribution in [1.29, 1.82) is 0 Å². The maximum absolute atomic E-state index is 12.8. The van der Waals surface area contributed by atoms with Gasteiger partial charge in [-0.05, 0) is 66.1 Å². The van der Waals surface area contributed by atoms with E-state index in [2.05, 4.69) is 15.5 Å². The van der Waals surface area contributed by atoms with Crippen LogP contribution in [0.15, 0.2) is 60.7 Å². The quantitative estimate of drug-likeness (QED) is 0.462. The molecule has 4 N–H and O–H groups in total. The van der Waals surface area contributed by atoms with Crippen LogP contribution >= 0.6 is 23.2 Å². The minimum absolute atomic E-state index is 0.0485. The second-order valence-corrected chi connectivity index (χ2v) is 9.58. The first-order valence-electron chi connectivity index (χ1n) is 11.4. The average Bonchev–Trinajstić information content (AvgIpc) is 2.98. The third-order valence-corrected chi connectivity index (χ3v) is 6.54. The number of amides is 1. The molecule has 0 spiro atoms. The first-order valence-corrected chi connectivity index (χ1v) is 12.2. The molecule has 1 aliphatic heterocycles. The van der Waals surface area contributed by atoms with Crippen molar-refractivity contribution < 1.29 is 4.79 Å². The number of nitrogens with zero attached hydrogens (tertiary/aromatic N) is 1. The molecule has 0 unspecified atom stereocenters. The van der Waals surface area contributed by atoms with E-state index < -0.39 is 0 Å². The van der Waals surface area contributed by atoms with Gasteiger partial charge in [0.1, 0.15) is 0 Å². The molecule has 0 radical (unpaired) electrons. The van der Waals surface area contributed by atoms with Crippen molar-refractivity contribution in [2.75, 3.05) is 26.2 Å². The lowest BCUT2D eigenvalue weighted by Crippen LogP contribution is -2.46. The van der Waals surface area contributed by atoms with Gasteiger partial charge in [0.15, 0.2) is 0 Å². The monoisotopic (exact) mass is 484 g/mol. The van der Waals surface area contributed by atoms with Gasteiger partial charge in [-0.3, -0.25) is 9.69 Å². The fraction of sp³-hybridized carbons (Fsp3) is 0.346. The zero-order chi connectivity index (χ0) is 23.2. The number of hydrogen-bond acceptors (Lipinski definition) is 4. The van der Waals surface area contributed by atoms with Gasteiger partial charge >= 0.3 is 0 Å². The molecule has 5 nitrogen and oxygen atoms in total. The van der Waals surface area contributed by atoms with Gasteiger partial charge in [0.2, 0.25) is 0 Å². The van der Waals surface area contributed by atoms with Crippen molar-refractivity contribution >= 4 is 39.9 Å². The molecular weight excluding hydrogens is 455 g/mol. The highest BCUT2D eigenvalue weighted by Gasteiger charge is 2.24. The molecule has 3 aromatic rings. The van der Waals surface area contributed by atoms with Crippen LogP contribution in [0.3, 0.4) is 0 Å². The normalized spacial score (nSPS) is 19.4. The summed E-state index contributed by atoms with van der Waals surface area (Å²) in [5.74, 6) is -0.0485. The third kappa shape index (κ3) is 6.69. The molecule has 174 valence electrons. The van der Waals surface area contributed by atoms with Gasteiger partial charge in [-0.15, -0.1) is 0 Å². The van der Waals surface area contributed by atoms with E-state index in [0.29, 0.717) is 28.7 Å². The molecular formula is C26H30Cl2N4O. The van der Waals surface area contributed by atoms with E-state index in [1.165, 1.54) is 0 Å². The fourth-order valence-corrected chi connectivity index (χ4v) is 5.07. The maximum atomic E-state index is 12.8. The SMILES string of the molecule is NCC[C@H]1CN(Cc2cc(Cl)cc(Cl)c2)CC[C@@H](CNC(=O)c2ccc3ccccc3c2)N1.